The first kappa shape index (κ1) is 14.7. The summed E-state index contributed by atoms with van der Waals surface area (Å²) in [6.45, 7) is 10.7. The fourth-order valence-electron chi connectivity index (χ4n) is 3.05. The molecule has 100 valence electrons. The van der Waals surface area contributed by atoms with Crippen molar-refractivity contribution in [3.05, 3.63) is 12.2 Å². The van der Waals surface area contributed by atoms with Crippen LogP contribution in [0.5, 0.6) is 0 Å². The van der Waals surface area contributed by atoms with E-state index in [0.29, 0.717) is 17.9 Å². The average molecular weight is 240 g/mol. The summed E-state index contributed by atoms with van der Waals surface area (Å²) in [6, 6.07) is 0. The van der Waals surface area contributed by atoms with E-state index in [2.05, 4.69) is 27.7 Å². The SMILES string of the molecule is C/C=C/[C@H](O)[C@@H](C)[C@@H]1O[C@H](CC)[C@H](C)C[C@@H]1C. The number of ether oxygens (including phenoxy) is 1. The molecule has 1 heterocycles. The second kappa shape index (κ2) is 6.55. The average Bonchev–Trinajstić information content (AvgIpc) is 2.29. The number of aliphatic hydroxyl groups excluding tert-OH is 1. The molecule has 1 saturated heterocycles. The van der Waals surface area contributed by atoms with Crippen molar-refractivity contribution in [2.45, 2.75) is 65.8 Å². The maximum atomic E-state index is 10.0. The Hall–Kier alpha value is -0.340. The first-order valence-corrected chi connectivity index (χ1v) is 6.97. The highest BCUT2D eigenvalue weighted by molar-refractivity contribution is 4.94. The smallest absolute Gasteiger partial charge is 0.0771 e. The van der Waals surface area contributed by atoms with E-state index in [0.717, 1.165) is 6.42 Å². The lowest BCUT2D eigenvalue weighted by atomic mass is 9.79. The molecule has 1 fully saturated rings. The van der Waals surface area contributed by atoms with E-state index < -0.39 is 6.10 Å². The second-order valence-corrected chi connectivity index (χ2v) is 5.61. The van der Waals surface area contributed by atoms with Crippen LogP contribution in [0.4, 0.5) is 0 Å². The highest BCUT2D eigenvalue weighted by Crippen LogP contribution is 2.35. The molecule has 1 aliphatic heterocycles. The Kier molecular flexibility index (Phi) is 5.68. The van der Waals surface area contributed by atoms with Crippen molar-refractivity contribution >= 4 is 0 Å². The minimum atomic E-state index is -0.390. The number of aliphatic hydroxyl groups is 1. The number of rotatable bonds is 4. The van der Waals surface area contributed by atoms with Crippen LogP contribution in [0.2, 0.25) is 0 Å². The quantitative estimate of drug-likeness (QED) is 0.763. The molecule has 0 bridgehead atoms. The fourth-order valence-corrected chi connectivity index (χ4v) is 3.05. The zero-order chi connectivity index (χ0) is 13.0. The number of hydrogen-bond acceptors (Lipinski definition) is 2. The van der Waals surface area contributed by atoms with Gasteiger partial charge in [-0.1, -0.05) is 39.8 Å². The van der Waals surface area contributed by atoms with E-state index in [4.69, 9.17) is 4.74 Å². The lowest BCUT2D eigenvalue weighted by molar-refractivity contribution is -0.141. The molecule has 0 spiro atoms. The molecular weight excluding hydrogens is 212 g/mol. The Balaban J connectivity index is 2.68. The van der Waals surface area contributed by atoms with Crippen molar-refractivity contribution < 1.29 is 9.84 Å². The van der Waals surface area contributed by atoms with Crippen molar-refractivity contribution in [3.8, 4) is 0 Å². The molecule has 0 aromatic carbocycles. The van der Waals surface area contributed by atoms with Gasteiger partial charge in [-0.25, -0.2) is 0 Å². The normalized spacial score (nSPS) is 38.2. The van der Waals surface area contributed by atoms with E-state index >= 15 is 0 Å². The predicted molar refractivity (Wildman–Crippen MR) is 71.9 cm³/mol. The van der Waals surface area contributed by atoms with Gasteiger partial charge in [0.2, 0.25) is 0 Å². The predicted octanol–water partition coefficient (Wildman–Crippen LogP) is 3.40. The zero-order valence-electron chi connectivity index (χ0n) is 11.9. The molecule has 17 heavy (non-hydrogen) atoms. The van der Waals surface area contributed by atoms with Gasteiger partial charge in [0, 0.05) is 5.92 Å². The third kappa shape index (κ3) is 3.56. The summed E-state index contributed by atoms with van der Waals surface area (Å²) in [5, 5.41) is 10.0. The second-order valence-electron chi connectivity index (χ2n) is 5.61. The molecule has 1 N–H and O–H groups in total. The molecular formula is C15H28O2. The minimum absolute atomic E-state index is 0.169. The van der Waals surface area contributed by atoms with E-state index in [9.17, 15) is 5.11 Å². The molecule has 2 heteroatoms. The van der Waals surface area contributed by atoms with Crippen LogP contribution in [0.3, 0.4) is 0 Å². The molecule has 0 aromatic heterocycles. The van der Waals surface area contributed by atoms with Crippen molar-refractivity contribution in [1.82, 2.24) is 0 Å². The molecule has 1 aliphatic rings. The van der Waals surface area contributed by atoms with Crippen LogP contribution < -0.4 is 0 Å². The van der Waals surface area contributed by atoms with E-state index in [1.807, 2.05) is 19.1 Å². The molecule has 0 aliphatic carbocycles. The van der Waals surface area contributed by atoms with Gasteiger partial charge < -0.3 is 9.84 Å². The zero-order valence-corrected chi connectivity index (χ0v) is 11.9. The van der Waals surface area contributed by atoms with Gasteiger partial charge in [-0.2, -0.15) is 0 Å². The summed E-state index contributed by atoms with van der Waals surface area (Å²) >= 11 is 0. The molecule has 0 radical (unpaired) electrons. The third-order valence-electron chi connectivity index (χ3n) is 4.12. The summed E-state index contributed by atoms with van der Waals surface area (Å²) in [4.78, 5) is 0. The summed E-state index contributed by atoms with van der Waals surface area (Å²) in [5.41, 5.74) is 0. The van der Waals surface area contributed by atoms with Crippen LogP contribution in [0, 0.1) is 17.8 Å². The van der Waals surface area contributed by atoms with E-state index in [1.54, 1.807) is 0 Å². The molecule has 0 unspecified atom stereocenters. The molecule has 0 aromatic rings. The minimum Gasteiger partial charge on any atom is -0.389 e. The van der Waals surface area contributed by atoms with Crippen LogP contribution >= 0.6 is 0 Å². The number of hydrogen-bond donors (Lipinski definition) is 1. The van der Waals surface area contributed by atoms with Gasteiger partial charge in [0.1, 0.15) is 0 Å². The van der Waals surface area contributed by atoms with Crippen LogP contribution in [-0.2, 0) is 4.74 Å². The molecule has 1 rings (SSSR count). The Bertz CT molecular complexity index is 249. The topological polar surface area (TPSA) is 29.5 Å². The van der Waals surface area contributed by atoms with Gasteiger partial charge in [-0.15, -0.1) is 0 Å². The largest absolute Gasteiger partial charge is 0.389 e. The lowest BCUT2D eigenvalue weighted by Gasteiger charge is -2.42. The lowest BCUT2D eigenvalue weighted by Crippen LogP contribution is -2.45. The van der Waals surface area contributed by atoms with Gasteiger partial charge in [0.15, 0.2) is 0 Å². The molecule has 2 nitrogen and oxygen atoms in total. The van der Waals surface area contributed by atoms with Crippen molar-refractivity contribution in [3.63, 3.8) is 0 Å². The van der Waals surface area contributed by atoms with E-state index in [-0.39, 0.29) is 12.0 Å². The summed E-state index contributed by atoms with van der Waals surface area (Å²) in [7, 11) is 0. The summed E-state index contributed by atoms with van der Waals surface area (Å²) < 4.78 is 6.20. The van der Waals surface area contributed by atoms with Crippen molar-refractivity contribution in [2.75, 3.05) is 0 Å². The van der Waals surface area contributed by atoms with Gasteiger partial charge >= 0.3 is 0 Å². The van der Waals surface area contributed by atoms with Crippen LogP contribution in [0.15, 0.2) is 12.2 Å². The Morgan fingerprint density at radius 1 is 1.35 bits per heavy atom. The first-order valence-electron chi connectivity index (χ1n) is 6.97. The highest BCUT2D eigenvalue weighted by Gasteiger charge is 2.37. The monoisotopic (exact) mass is 240 g/mol. The Morgan fingerprint density at radius 2 is 2.00 bits per heavy atom. The van der Waals surface area contributed by atoms with Gasteiger partial charge in [0.05, 0.1) is 18.3 Å². The molecule has 0 amide bonds. The summed E-state index contributed by atoms with van der Waals surface area (Å²) in [6.07, 6.45) is 6.19. The van der Waals surface area contributed by atoms with Crippen LogP contribution in [-0.4, -0.2) is 23.4 Å². The Morgan fingerprint density at radius 3 is 2.53 bits per heavy atom. The Labute approximate surface area is 106 Å². The molecule has 0 saturated carbocycles. The fraction of sp³-hybridized carbons (Fsp3) is 0.867. The maximum absolute atomic E-state index is 10.0. The maximum Gasteiger partial charge on any atom is 0.0771 e. The van der Waals surface area contributed by atoms with Gasteiger partial charge in [-0.3, -0.25) is 0 Å². The van der Waals surface area contributed by atoms with Gasteiger partial charge in [0.25, 0.3) is 0 Å². The summed E-state index contributed by atoms with van der Waals surface area (Å²) in [5.74, 6) is 1.34. The van der Waals surface area contributed by atoms with Crippen molar-refractivity contribution in [2.24, 2.45) is 17.8 Å². The van der Waals surface area contributed by atoms with E-state index in [1.165, 1.54) is 6.42 Å². The first-order chi connectivity index (χ1) is 8.01. The van der Waals surface area contributed by atoms with Crippen LogP contribution in [0.25, 0.3) is 0 Å². The third-order valence-corrected chi connectivity index (χ3v) is 4.12. The standard InChI is InChI=1S/C15H28O2/c1-6-8-13(16)12(5)15-11(4)9-10(3)14(7-2)17-15/h6,8,10-16H,7,9H2,1-5H3/b8-6+/t10-,11+,12-,13+,14-,15-/m1/s1. The van der Waals surface area contributed by atoms with Crippen molar-refractivity contribution in [1.29, 1.82) is 0 Å². The number of allylic oxidation sites excluding steroid dienone is 1. The molecule has 6 atom stereocenters. The highest BCUT2D eigenvalue weighted by atomic mass is 16.5. The van der Waals surface area contributed by atoms with Crippen LogP contribution in [0.1, 0.15) is 47.5 Å². The van der Waals surface area contributed by atoms with Gasteiger partial charge in [-0.05, 0) is 31.6 Å².